The zero-order chi connectivity index (χ0) is 16.8. The first kappa shape index (κ1) is 21.3. The van der Waals surface area contributed by atoms with Gasteiger partial charge in [-0.3, -0.25) is 4.79 Å². The predicted molar refractivity (Wildman–Crippen MR) is 112 cm³/mol. The molecule has 4 atom stereocenters. The third kappa shape index (κ3) is 3.56. The maximum absolute atomic E-state index is 13.0. The Morgan fingerprint density at radius 1 is 1.04 bits per heavy atom. The summed E-state index contributed by atoms with van der Waals surface area (Å²) in [6, 6.07) is 6.60. The minimum Gasteiger partial charge on any atom is -0.368 e. The maximum Gasteiger partial charge on any atom is 0.227 e. The van der Waals surface area contributed by atoms with Gasteiger partial charge in [-0.1, -0.05) is 12.1 Å². The maximum atomic E-state index is 13.0. The van der Waals surface area contributed by atoms with E-state index in [0.717, 1.165) is 26.2 Å². The summed E-state index contributed by atoms with van der Waals surface area (Å²) in [5.74, 6) is 1.57. The second kappa shape index (κ2) is 8.37. The Hall–Kier alpha value is -0.970. The van der Waals surface area contributed by atoms with Gasteiger partial charge in [0.25, 0.3) is 0 Å². The number of amides is 1. The largest absolute Gasteiger partial charge is 0.368 e. The lowest BCUT2D eigenvalue weighted by atomic mass is 9.84. The summed E-state index contributed by atoms with van der Waals surface area (Å²) in [6.07, 6.45) is 3.62. The highest BCUT2D eigenvalue weighted by molar-refractivity contribution is 5.85. The van der Waals surface area contributed by atoms with E-state index >= 15 is 0 Å². The number of hydrogen-bond donors (Lipinski definition) is 1. The average Bonchev–Trinajstić information content (AvgIpc) is 3.18. The Labute approximate surface area is 169 Å². The third-order valence-electron chi connectivity index (χ3n) is 6.77. The molecule has 1 amide bonds. The monoisotopic (exact) mass is 399 g/mol. The van der Waals surface area contributed by atoms with Gasteiger partial charge in [0.2, 0.25) is 5.91 Å². The second-order valence-corrected chi connectivity index (χ2v) is 7.97. The third-order valence-corrected chi connectivity index (χ3v) is 6.77. The van der Waals surface area contributed by atoms with Crippen LogP contribution in [0, 0.1) is 31.6 Å². The first-order chi connectivity index (χ1) is 11.6. The lowest BCUT2D eigenvalue weighted by Crippen LogP contribution is -2.54. The second-order valence-electron chi connectivity index (χ2n) is 7.97. The molecular weight excluding hydrogens is 369 g/mol. The molecule has 1 saturated heterocycles. The van der Waals surface area contributed by atoms with Crippen LogP contribution in [0.25, 0.3) is 0 Å². The Kier molecular flexibility index (Phi) is 6.86. The SMILES string of the molecule is Cc1cccc(N2CCN(C(=O)C3C4CCC(C4)C3N)CC2)c1C.Cl.Cl. The summed E-state index contributed by atoms with van der Waals surface area (Å²) in [7, 11) is 0. The van der Waals surface area contributed by atoms with Gasteiger partial charge < -0.3 is 15.5 Å². The molecule has 6 heteroatoms. The smallest absolute Gasteiger partial charge is 0.227 e. The molecular formula is C20H31Cl2N3O. The van der Waals surface area contributed by atoms with E-state index < -0.39 is 0 Å². The van der Waals surface area contributed by atoms with Crippen molar-refractivity contribution in [3.8, 4) is 0 Å². The number of carbonyl (C=O) groups is 1. The van der Waals surface area contributed by atoms with E-state index in [4.69, 9.17) is 5.73 Å². The van der Waals surface area contributed by atoms with E-state index in [1.807, 2.05) is 0 Å². The standard InChI is InChI=1S/C20H29N3O.2ClH/c1-13-4-3-5-17(14(13)2)22-8-10-23(11-9-22)20(24)18-15-6-7-16(12-15)19(18)21;;/h3-5,15-16,18-19H,6-12,21H2,1-2H3;2*1H. The summed E-state index contributed by atoms with van der Waals surface area (Å²) in [5, 5.41) is 0. The molecule has 2 N–H and O–H groups in total. The number of hydrogen-bond acceptors (Lipinski definition) is 3. The zero-order valence-corrected chi connectivity index (χ0v) is 17.3. The van der Waals surface area contributed by atoms with E-state index in [9.17, 15) is 4.79 Å². The first-order valence-electron chi connectivity index (χ1n) is 9.42. The van der Waals surface area contributed by atoms with Gasteiger partial charge in [0.1, 0.15) is 0 Å². The van der Waals surface area contributed by atoms with Crippen LogP contribution in [0.15, 0.2) is 18.2 Å². The molecule has 146 valence electrons. The van der Waals surface area contributed by atoms with Crippen molar-refractivity contribution in [3.05, 3.63) is 29.3 Å². The molecule has 0 radical (unpaired) electrons. The van der Waals surface area contributed by atoms with Crippen molar-refractivity contribution in [1.29, 1.82) is 0 Å². The van der Waals surface area contributed by atoms with E-state index in [2.05, 4.69) is 41.8 Å². The molecule has 4 rings (SSSR count). The van der Waals surface area contributed by atoms with Gasteiger partial charge in [0.05, 0.1) is 5.92 Å². The zero-order valence-electron chi connectivity index (χ0n) is 15.7. The van der Waals surface area contributed by atoms with Crippen LogP contribution in [0.5, 0.6) is 0 Å². The molecule has 2 saturated carbocycles. The van der Waals surface area contributed by atoms with Crippen molar-refractivity contribution >= 4 is 36.4 Å². The minimum absolute atomic E-state index is 0. The van der Waals surface area contributed by atoms with Crippen LogP contribution in [-0.2, 0) is 4.79 Å². The fraction of sp³-hybridized carbons (Fsp3) is 0.650. The van der Waals surface area contributed by atoms with Crippen molar-refractivity contribution in [2.75, 3.05) is 31.1 Å². The van der Waals surface area contributed by atoms with Crippen molar-refractivity contribution in [2.45, 2.75) is 39.2 Å². The Bertz CT molecular complexity index is 644. The number of aryl methyl sites for hydroxylation is 1. The van der Waals surface area contributed by atoms with E-state index in [1.54, 1.807) is 0 Å². The van der Waals surface area contributed by atoms with Gasteiger partial charge >= 0.3 is 0 Å². The number of carbonyl (C=O) groups excluding carboxylic acids is 1. The molecule has 3 aliphatic rings. The van der Waals surface area contributed by atoms with E-state index in [0.29, 0.717) is 17.7 Å². The molecule has 2 aliphatic carbocycles. The topological polar surface area (TPSA) is 49.6 Å². The van der Waals surface area contributed by atoms with Gasteiger partial charge in [-0.25, -0.2) is 0 Å². The van der Waals surface area contributed by atoms with E-state index in [-0.39, 0.29) is 36.8 Å². The van der Waals surface area contributed by atoms with Crippen molar-refractivity contribution in [1.82, 2.24) is 4.90 Å². The van der Waals surface area contributed by atoms with Crippen LogP contribution in [0.2, 0.25) is 0 Å². The van der Waals surface area contributed by atoms with Crippen LogP contribution in [0.4, 0.5) is 5.69 Å². The molecule has 1 aliphatic heterocycles. The summed E-state index contributed by atoms with van der Waals surface area (Å²) >= 11 is 0. The molecule has 3 fully saturated rings. The van der Waals surface area contributed by atoms with Gasteiger partial charge in [-0.2, -0.15) is 0 Å². The first-order valence-corrected chi connectivity index (χ1v) is 9.42. The number of anilines is 1. The number of piperazine rings is 1. The molecule has 1 aromatic carbocycles. The summed E-state index contributed by atoms with van der Waals surface area (Å²) < 4.78 is 0. The number of nitrogens with zero attached hydrogens (tertiary/aromatic N) is 2. The average molecular weight is 400 g/mol. The predicted octanol–water partition coefficient (Wildman–Crippen LogP) is 3.17. The highest BCUT2D eigenvalue weighted by Crippen LogP contribution is 2.48. The van der Waals surface area contributed by atoms with Crippen molar-refractivity contribution in [2.24, 2.45) is 23.5 Å². The van der Waals surface area contributed by atoms with Gasteiger partial charge in [-0.15, -0.1) is 24.8 Å². The van der Waals surface area contributed by atoms with Gasteiger partial charge in [0, 0.05) is 37.9 Å². The molecule has 0 spiro atoms. The lowest BCUT2D eigenvalue weighted by Gasteiger charge is -2.40. The molecule has 2 bridgehead atoms. The van der Waals surface area contributed by atoms with Crippen molar-refractivity contribution in [3.63, 3.8) is 0 Å². The molecule has 4 nitrogen and oxygen atoms in total. The Morgan fingerprint density at radius 3 is 2.31 bits per heavy atom. The van der Waals surface area contributed by atoms with Gasteiger partial charge in [0.15, 0.2) is 0 Å². The quantitative estimate of drug-likeness (QED) is 0.830. The Balaban J connectivity index is 0.00000121. The number of fused-ring (bicyclic) bond motifs is 2. The van der Waals surface area contributed by atoms with Crippen LogP contribution in [0.1, 0.15) is 30.4 Å². The fourth-order valence-electron chi connectivity index (χ4n) is 5.16. The van der Waals surface area contributed by atoms with Crippen LogP contribution in [-0.4, -0.2) is 43.0 Å². The highest BCUT2D eigenvalue weighted by Gasteiger charge is 2.50. The number of rotatable bonds is 2. The molecule has 26 heavy (non-hydrogen) atoms. The fourth-order valence-corrected chi connectivity index (χ4v) is 5.16. The number of halogens is 2. The molecule has 0 aromatic heterocycles. The van der Waals surface area contributed by atoms with Crippen LogP contribution < -0.4 is 10.6 Å². The number of benzene rings is 1. The number of nitrogens with two attached hydrogens (primary N) is 1. The summed E-state index contributed by atoms with van der Waals surface area (Å²) in [6.45, 7) is 7.85. The highest BCUT2D eigenvalue weighted by atomic mass is 35.5. The van der Waals surface area contributed by atoms with Crippen molar-refractivity contribution < 1.29 is 4.79 Å². The van der Waals surface area contributed by atoms with E-state index in [1.165, 1.54) is 36.1 Å². The Morgan fingerprint density at radius 2 is 1.69 bits per heavy atom. The summed E-state index contributed by atoms with van der Waals surface area (Å²) in [5.41, 5.74) is 10.4. The minimum atomic E-state index is 0. The summed E-state index contributed by atoms with van der Waals surface area (Å²) in [4.78, 5) is 17.5. The van der Waals surface area contributed by atoms with Crippen LogP contribution >= 0.6 is 24.8 Å². The molecule has 1 heterocycles. The lowest BCUT2D eigenvalue weighted by molar-refractivity contribution is -0.138. The van der Waals surface area contributed by atoms with Gasteiger partial charge in [-0.05, 0) is 62.1 Å². The van der Waals surface area contributed by atoms with Crippen LogP contribution in [0.3, 0.4) is 0 Å². The normalized spacial score (nSPS) is 30.0. The molecule has 4 unspecified atom stereocenters. The molecule has 1 aromatic rings.